The first kappa shape index (κ1) is 18.4. The maximum Gasteiger partial charge on any atom is 0.254 e. The maximum absolute atomic E-state index is 13.9. The van der Waals surface area contributed by atoms with Gasteiger partial charge in [0.1, 0.15) is 0 Å². The van der Waals surface area contributed by atoms with Gasteiger partial charge in [-0.05, 0) is 42.0 Å². The molecule has 0 unspecified atom stereocenters. The van der Waals surface area contributed by atoms with E-state index in [1.165, 1.54) is 24.8 Å². The van der Waals surface area contributed by atoms with Gasteiger partial charge in [-0.3, -0.25) is 9.59 Å². The van der Waals surface area contributed by atoms with E-state index in [1.54, 1.807) is 0 Å². The van der Waals surface area contributed by atoms with E-state index < -0.39 is 0 Å². The molecule has 2 heterocycles. The van der Waals surface area contributed by atoms with Crippen LogP contribution in [0.15, 0.2) is 48.5 Å². The maximum atomic E-state index is 13.9. The van der Waals surface area contributed by atoms with Gasteiger partial charge >= 0.3 is 0 Å². The third-order valence-electron chi connectivity index (χ3n) is 7.17. The van der Waals surface area contributed by atoms with Crippen LogP contribution < -0.4 is 0 Å². The minimum absolute atomic E-state index is 0.0597. The Hall–Kier alpha value is -2.62. The number of rotatable bonds is 2. The van der Waals surface area contributed by atoms with Gasteiger partial charge in [-0.25, -0.2) is 0 Å². The summed E-state index contributed by atoms with van der Waals surface area (Å²) < 4.78 is 0. The highest BCUT2D eigenvalue weighted by Crippen LogP contribution is 2.46. The van der Waals surface area contributed by atoms with E-state index in [-0.39, 0.29) is 23.8 Å². The Balaban J connectivity index is 1.61. The van der Waals surface area contributed by atoms with Gasteiger partial charge in [-0.2, -0.15) is 0 Å². The topological polar surface area (TPSA) is 40.6 Å². The summed E-state index contributed by atoms with van der Waals surface area (Å²) in [7, 11) is 1.97. The fourth-order valence-corrected chi connectivity index (χ4v) is 5.61. The molecule has 29 heavy (non-hydrogen) atoms. The van der Waals surface area contributed by atoms with Crippen LogP contribution in [0.1, 0.15) is 71.1 Å². The lowest BCUT2D eigenvalue weighted by Crippen LogP contribution is -2.51. The van der Waals surface area contributed by atoms with Crippen molar-refractivity contribution in [2.75, 3.05) is 13.6 Å². The lowest BCUT2D eigenvalue weighted by Gasteiger charge is -2.46. The molecular weight excluding hydrogens is 360 g/mol. The predicted molar refractivity (Wildman–Crippen MR) is 113 cm³/mol. The Labute approximate surface area is 172 Å². The Morgan fingerprint density at radius 2 is 1.66 bits per heavy atom. The Morgan fingerprint density at radius 3 is 2.45 bits per heavy atom. The second-order valence-electron chi connectivity index (χ2n) is 8.70. The molecule has 5 rings (SSSR count). The summed E-state index contributed by atoms with van der Waals surface area (Å²) >= 11 is 0. The van der Waals surface area contributed by atoms with Crippen LogP contribution in [0.4, 0.5) is 0 Å². The summed E-state index contributed by atoms with van der Waals surface area (Å²) in [5, 5.41) is 0. The Kier molecular flexibility index (Phi) is 4.65. The minimum Gasteiger partial charge on any atom is -0.342 e. The van der Waals surface area contributed by atoms with Gasteiger partial charge in [0.05, 0.1) is 12.0 Å². The van der Waals surface area contributed by atoms with Gasteiger partial charge in [-0.15, -0.1) is 0 Å². The zero-order valence-electron chi connectivity index (χ0n) is 17.0. The summed E-state index contributed by atoms with van der Waals surface area (Å²) in [5.41, 5.74) is 3.98. The summed E-state index contributed by atoms with van der Waals surface area (Å²) in [4.78, 5) is 31.2. The van der Waals surface area contributed by atoms with Crippen molar-refractivity contribution in [1.82, 2.24) is 9.80 Å². The summed E-state index contributed by atoms with van der Waals surface area (Å²) in [6.07, 6.45) is 6.67. The molecule has 2 aromatic rings. The number of hydrogen-bond acceptors (Lipinski definition) is 2. The van der Waals surface area contributed by atoms with E-state index in [9.17, 15) is 9.59 Å². The van der Waals surface area contributed by atoms with Crippen LogP contribution in [0.2, 0.25) is 0 Å². The largest absolute Gasteiger partial charge is 0.342 e. The summed E-state index contributed by atoms with van der Waals surface area (Å²) in [6.45, 7) is 0.672. The molecule has 4 nitrogen and oxygen atoms in total. The highest BCUT2D eigenvalue weighted by molar-refractivity contribution is 6.01. The smallest absolute Gasteiger partial charge is 0.254 e. The average Bonchev–Trinajstić information content (AvgIpc) is 2.79. The van der Waals surface area contributed by atoms with E-state index in [2.05, 4.69) is 18.2 Å². The van der Waals surface area contributed by atoms with Crippen molar-refractivity contribution >= 4 is 11.8 Å². The number of benzene rings is 2. The third-order valence-corrected chi connectivity index (χ3v) is 7.17. The van der Waals surface area contributed by atoms with Crippen LogP contribution in [-0.2, 0) is 11.2 Å². The number of nitrogens with zero attached hydrogens (tertiary/aromatic N) is 2. The van der Waals surface area contributed by atoms with Crippen molar-refractivity contribution in [3.05, 3.63) is 70.8 Å². The van der Waals surface area contributed by atoms with Crippen molar-refractivity contribution in [2.45, 2.75) is 56.5 Å². The molecule has 0 aromatic heterocycles. The number of amides is 2. The number of likely N-dealkylation sites (N-methyl/N-ethyl adjacent to an activating group) is 1. The molecule has 2 amide bonds. The van der Waals surface area contributed by atoms with Crippen molar-refractivity contribution in [3.63, 3.8) is 0 Å². The number of fused-ring (bicyclic) bond motifs is 4. The van der Waals surface area contributed by atoms with Crippen LogP contribution in [0, 0.1) is 0 Å². The van der Waals surface area contributed by atoms with Gasteiger partial charge in [0, 0.05) is 25.2 Å². The first-order valence-corrected chi connectivity index (χ1v) is 10.9. The zero-order chi connectivity index (χ0) is 20.0. The molecule has 2 aromatic carbocycles. The number of carbonyl (C=O) groups is 2. The number of carbonyl (C=O) groups excluding carboxylic acids is 2. The first-order valence-electron chi connectivity index (χ1n) is 10.9. The molecule has 0 spiro atoms. The molecule has 0 N–H and O–H groups in total. The standard InChI is InChI=1S/C25H28N2O2/c1-26(18-10-3-2-4-11-18)25(29)22-20-13-7-8-14-21(20)24(28)27-16-15-17-9-5-6-12-19(17)23(22)27/h5-9,12-14,18,22-23H,2-4,10-11,15-16H2,1H3/t22-,23-/m0/s1. The fraction of sp³-hybridized carbons (Fsp3) is 0.440. The van der Waals surface area contributed by atoms with E-state index >= 15 is 0 Å². The third kappa shape index (κ3) is 2.97. The van der Waals surface area contributed by atoms with Crippen LogP contribution >= 0.6 is 0 Å². The van der Waals surface area contributed by atoms with Crippen LogP contribution in [0.5, 0.6) is 0 Å². The molecule has 4 heteroatoms. The van der Waals surface area contributed by atoms with Crippen LogP contribution in [-0.4, -0.2) is 41.2 Å². The summed E-state index contributed by atoms with van der Waals surface area (Å²) in [6, 6.07) is 16.2. The molecular formula is C25H28N2O2. The van der Waals surface area contributed by atoms with Crippen molar-refractivity contribution in [3.8, 4) is 0 Å². The van der Waals surface area contributed by atoms with Gasteiger partial charge in [-0.1, -0.05) is 61.7 Å². The van der Waals surface area contributed by atoms with Gasteiger partial charge in [0.25, 0.3) is 5.91 Å². The van der Waals surface area contributed by atoms with Crippen LogP contribution in [0.3, 0.4) is 0 Å². The number of hydrogen-bond donors (Lipinski definition) is 0. The molecule has 0 bridgehead atoms. The van der Waals surface area contributed by atoms with Gasteiger partial charge in [0.2, 0.25) is 5.91 Å². The van der Waals surface area contributed by atoms with E-state index in [0.29, 0.717) is 18.2 Å². The summed E-state index contributed by atoms with van der Waals surface area (Å²) in [5.74, 6) is -0.120. The Bertz CT molecular complexity index is 947. The molecule has 0 saturated heterocycles. The molecule has 1 saturated carbocycles. The monoisotopic (exact) mass is 388 g/mol. The van der Waals surface area contributed by atoms with Crippen LogP contribution in [0.25, 0.3) is 0 Å². The molecule has 1 aliphatic carbocycles. The molecule has 2 aliphatic heterocycles. The van der Waals surface area contributed by atoms with E-state index in [0.717, 1.165) is 30.4 Å². The van der Waals surface area contributed by atoms with Crippen molar-refractivity contribution < 1.29 is 9.59 Å². The SMILES string of the molecule is CN(C(=O)[C@H]1c2ccccc2C(=O)N2CCc3ccccc3[C@@H]12)C1CCCCC1. The lowest BCUT2D eigenvalue weighted by molar-refractivity contribution is -0.136. The molecule has 150 valence electrons. The highest BCUT2D eigenvalue weighted by Gasteiger charge is 2.47. The average molecular weight is 389 g/mol. The van der Waals surface area contributed by atoms with E-state index in [4.69, 9.17) is 0 Å². The van der Waals surface area contributed by atoms with Gasteiger partial charge < -0.3 is 9.80 Å². The second-order valence-corrected chi connectivity index (χ2v) is 8.70. The van der Waals surface area contributed by atoms with Crippen molar-refractivity contribution in [2.24, 2.45) is 0 Å². The predicted octanol–water partition coefficient (Wildman–Crippen LogP) is 4.31. The van der Waals surface area contributed by atoms with Gasteiger partial charge in [0.15, 0.2) is 0 Å². The molecule has 1 fully saturated rings. The Morgan fingerprint density at radius 1 is 0.966 bits per heavy atom. The second kappa shape index (κ2) is 7.33. The lowest BCUT2D eigenvalue weighted by atomic mass is 9.75. The molecule has 3 aliphatic rings. The zero-order valence-corrected chi connectivity index (χ0v) is 17.0. The highest BCUT2D eigenvalue weighted by atomic mass is 16.2. The molecule has 2 atom stereocenters. The first-order chi connectivity index (χ1) is 14.2. The fourth-order valence-electron chi connectivity index (χ4n) is 5.61. The normalized spacial score (nSPS) is 23.8. The molecule has 0 radical (unpaired) electrons. The minimum atomic E-state index is -0.336. The van der Waals surface area contributed by atoms with E-state index in [1.807, 2.05) is 47.2 Å². The van der Waals surface area contributed by atoms with Crippen molar-refractivity contribution in [1.29, 1.82) is 0 Å². The quantitative estimate of drug-likeness (QED) is 0.769.